The molecule has 152 valence electrons. The molecule has 0 fully saturated rings. The molecule has 0 saturated carbocycles. The summed E-state index contributed by atoms with van der Waals surface area (Å²) in [6.07, 6.45) is 6.90. The Balaban J connectivity index is 2.01. The fourth-order valence-corrected chi connectivity index (χ4v) is 2.68. The van der Waals surface area contributed by atoms with Crippen LogP contribution in [-0.2, 0) is 14.3 Å². The molecule has 0 heterocycles. The van der Waals surface area contributed by atoms with E-state index in [1.807, 2.05) is 38.1 Å². The van der Waals surface area contributed by atoms with Gasteiger partial charge >= 0.3 is 11.9 Å². The van der Waals surface area contributed by atoms with E-state index in [1.54, 1.807) is 0 Å². The topological polar surface area (TPSA) is 52.6 Å². The molecule has 4 heteroatoms. The van der Waals surface area contributed by atoms with E-state index in [9.17, 15) is 9.59 Å². The Morgan fingerprint density at radius 3 is 1.81 bits per heavy atom. The van der Waals surface area contributed by atoms with E-state index in [2.05, 4.69) is 13.8 Å². The highest BCUT2D eigenvalue weighted by molar-refractivity contribution is 5.72. The highest BCUT2D eigenvalue weighted by Crippen LogP contribution is 2.19. The highest BCUT2D eigenvalue weighted by Gasteiger charge is 2.06. The third-order valence-electron chi connectivity index (χ3n) is 4.37. The summed E-state index contributed by atoms with van der Waals surface area (Å²) in [5.41, 5.74) is 1.24. The zero-order chi connectivity index (χ0) is 20.1. The van der Waals surface area contributed by atoms with E-state index >= 15 is 0 Å². The zero-order valence-electron chi connectivity index (χ0n) is 17.5. The fraction of sp³-hybridized carbons (Fsp3) is 0.652. The van der Waals surface area contributed by atoms with Crippen LogP contribution in [0.15, 0.2) is 24.3 Å². The van der Waals surface area contributed by atoms with Gasteiger partial charge < -0.3 is 9.47 Å². The van der Waals surface area contributed by atoms with Crippen molar-refractivity contribution in [1.29, 1.82) is 0 Å². The first-order valence-corrected chi connectivity index (χ1v) is 10.3. The normalized spacial score (nSPS) is 11.0. The van der Waals surface area contributed by atoms with Crippen molar-refractivity contribution in [2.45, 2.75) is 85.0 Å². The van der Waals surface area contributed by atoms with Crippen molar-refractivity contribution in [1.82, 2.24) is 0 Å². The second-order valence-electron chi connectivity index (χ2n) is 7.90. The molecule has 0 atom stereocenters. The second-order valence-corrected chi connectivity index (χ2v) is 7.90. The predicted octanol–water partition coefficient (Wildman–Crippen LogP) is 6.04. The molecule has 27 heavy (non-hydrogen) atoms. The van der Waals surface area contributed by atoms with Gasteiger partial charge in [0.1, 0.15) is 5.75 Å². The third-order valence-corrected chi connectivity index (χ3v) is 4.37. The summed E-state index contributed by atoms with van der Waals surface area (Å²) in [5.74, 6) is 1.22. The van der Waals surface area contributed by atoms with Gasteiger partial charge in [0.25, 0.3) is 0 Å². The standard InChI is InChI=1S/C23H36O4/c1-18(2)17-26-22(24)11-9-7-5-6-8-10-12-23(25)27-21-15-13-20(14-16-21)19(3)4/h13-16,18-19H,5-12,17H2,1-4H3. The summed E-state index contributed by atoms with van der Waals surface area (Å²) in [4.78, 5) is 23.4. The Labute approximate surface area is 164 Å². The molecule has 0 N–H and O–H groups in total. The molecule has 0 aliphatic heterocycles. The molecule has 0 spiro atoms. The molecule has 0 aliphatic carbocycles. The summed E-state index contributed by atoms with van der Waals surface area (Å²) in [6.45, 7) is 8.85. The van der Waals surface area contributed by atoms with Crippen LogP contribution < -0.4 is 4.74 Å². The molecule has 0 saturated heterocycles. The number of ether oxygens (including phenoxy) is 2. The maximum absolute atomic E-state index is 11.9. The van der Waals surface area contributed by atoms with E-state index in [0.717, 1.165) is 38.5 Å². The lowest BCUT2D eigenvalue weighted by Gasteiger charge is -2.08. The van der Waals surface area contributed by atoms with Crippen molar-refractivity contribution < 1.29 is 19.1 Å². The first kappa shape index (κ1) is 23.2. The zero-order valence-corrected chi connectivity index (χ0v) is 17.5. The fourth-order valence-electron chi connectivity index (χ4n) is 2.68. The summed E-state index contributed by atoms with van der Waals surface area (Å²) in [7, 11) is 0. The largest absolute Gasteiger partial charge is 0.465 e. The van der Waals surface area contributed by atoms with Crippen LogP contribution in [0.4, 0.5) is 0 Å². The molecule has 1 aromatic rings. The smallest absolute Gasteiger partial charge is 0.311 e. The van der Waals surface area contributed by atoms with Gasteiger partial charge in [-0.05, 0) is 42.4 Å². The monoisotopic (exact) mass is 376 g/mol. The lowest BCUT2D eigenvalue weighted by molar-refractivity contribution is -0.144. The number of hydrogen-bond donors (Lipinski definition) is 0. The molecule has 0 unspecified atom stereocenters. The van der Waals surface area contributed by atoms with Crippen LogP contribution in [0.25, 0.3) is 0 Å². The van der Waals surface area contributed by atoms with Crippen LogP contribution in [0, 0.1) is 5.92 Å². The number of rotatable bonds is 13. The number of carbonyl (C=O) groups excluding carboxylic acids is 2. The summed E-state index contributed by atoms with van der Waals surface area (Å²) >= 11 is 0. The molecule has 0 amide bonds. The molecule has 1 aromatic carbocycles. The number of unbranched alkanes of at least 4 members (excludes halogenated alkanes) is 5. The van der Waals surface area contributed by atoms with Crippen LogP contribution in [0.2, 0.25) is 0 Å². The average molecular weight is 377 g/mol. The maximum Gasteiger partial charge on any atom is 0.311 e. The predicted molar refractivity (Wildman–Crippen MR) is 109 cm³/mol. The molecule has 4 nitrogen and oxygen atoms in total. The number of carbonyl (C=O) groups is 2. The van der Waals surface area contributed by atoms with E-state index in [-0.39, 0.29) is 11.9 Å². The van der Waals surface area contributed by atoms with Crippen LogP contribution in [0.3, 0.4) is 0 Å². The van der Waals surface area contributed by atoms with Crippen molar-refractivity contribution in [3.05, 3.63) is 29.8 Å². The lowest BCUT2D eigenvalue weighted by atomic mass is 10.0. The third kappa shape index (κ3) is 11.5. The van der Waals surface area contributed by atoms with Crippen LogP contribution in [-0.4, -0.2) is 18.5 Å². The Kier molecular flexibility index (Phi) is 11.5. The summed E-state index contributed by atoms with van der Waals surface area (Å²) < 4.78 is 10.5. The highest BCUT2D eigenvalue weighted by atomic mass is 16.5. The van der Waals surface area contributed by atoms with E-state index in [1.165, 1.54) is 5.56 Å². The molecule has 0 bridgehead atoms. The van der Waals surface area contributed by atoms with Crippen molar-refractivity contribution in [2.75, 3.05) is 6.61 Å². The molecule has 1 rings (SSSR count). The minimum Gasteiger partial charge on any atom is -0.465 e. The first-order chi connectivity index (χ1) is 12.9. The van der Waals surface area contributed by atoms with Crippen molar-refractivity contribution in [3.8, 4) is 5.75 Å². The summed E-state index contributed by atoms with van der Waals surface area (Å²) in [6, 6.07) is 7.73. The molecule has 0 radical (unpaired) electrons. The summed E-state index contributed by atoms with van der Waals surface area (Å²) in [5, 5.41) is 0. The Bertz CT molecular complexity index is 546. The average Bonchev–Trinajstić information content (AvgIpc) is 2.62. The van der Waals surface area contributed by atoms with Gasteiger partial charge in [0.2, 0.25) is 0 Å². The van der Waals surface area contributed by atoms with Gasteiger partial charge in [-0.1, -0.05) is 65.5 Å². The minimum absolute atomic E-state index is 0.0899. The number of esters is 2. The van der Waals surface area contributed by atoms with Gasteiger partial charge in [-0.15, -0.1) is 0 Å². The van der Waals surface area contributed by atoms with Crippen molar-refractivity contribution in [2.24, 2.45) is 5.92 Å². The van der Waals surface area contributed by atoms with E-state index in [0.29, 0.717) is 37.0 Å². The van der Waals surface area contributed by atoms with E-state index in [4.69, 9.17) is 9.47 Å². The SMILES string of the molecule is CC(C)COC(=O)CCCCCCCCC(=O)Oc1ccc(C(C)C)cc1. The van der Waals surface area contributed by atoms with Crippen molar-refractivity contribution >= 4 is 11.9 Å². The maximum atomic E-state index is 11.9. The van der Waals surface area contributed by atoms with Crippen LogP contribution in [0.5, 0.6) is 5.75 Å². The lowest BCUT2D eigenvalue weighted by Crippen LogP contribution is -2.09. The van der Waals surface area contributed by atoms with Crippen LogP contribution in [0.1, 0.15) is 90.5 Å². The number of hydrogen-bond acceptors (Lipinski definition) is 4. The van der Waals surface area contributed by atoms with Gasteiger partial charge in [0.15, 0.2) is 0 Å². The Hall–Kier alpha value is -1.84. The van der Waals surface area contributed by atoms with E-state index < -0.39 is 0 Å². The first-order valence-electron chi connectivity index (χ1n) is 10.3. The van der Waals surface area contributed by atoms with Gasteiger partial charge in [-0.25, -0.2) is 0 Å². The Morgan fingerprint density at radius 2 is 1.30 bits per heavy atom. The molecule has 0 aromatic heterocycles. The van der Waals surface area contributed by atoms with Crippen molar-refractivity contribution in [3.63, 3.8) is 0 Å². The second kappa shape index (κ2) is 13.3. The number of benzene rings is 1. The minimum atomic E-state index is -0.166. The molecular weight excluding hydrogens is 340 g/mol. The van der Waals surface area contributed by atoms with Gasteiger partial charge in [-0.3, -0.25) is 9.59 Å². The molecule has 0 aliphatic rings. The van der Waals surface area contributed by atoms with Gasteiger partial charge in [-0.2, -0.15) is 0 Å². The van der Waals surface area contributed by atoms with Crippen LogP contribution >= 0.6 is 0 Å². The molecular formula is C23H36O4. The van der Waals surface area contributed by atoms with Gasteiger partial charge in [0.05, 0.1) is 6.61 Å². The van der Waals surface area contributed by atoms with Gasteiger partial charge in [0, 0.05) is 12.8 Å². The Morgan fingerprint density at radius 1 is 0.778 bits per heavy atom. The quantitative estimate of drug-likeness (QED) is 0.239.